The summed E-state index contributed by atoms with van der Waals surface area (Å²) in [4.78, 5) is 3.70. The van der Waals surface area contributed by atoms with Gasteiger partial charge in [0.05, 0.1) is 6.20 Å². The fraction of sp³-hybridized carbons (Fsp3) is 0.545. The molecular weight excluding hydrogens is 179 g/mol. The molecule has 0 bridgehead atoms. The van der Waals surface area contributed by atoms with Gasteiger partial charge in [0.1, 0.15) is 5.82 Å². The van der Waals surface area contributed by atoms with E-state index in [1.165, 1.54) is 6.20 Å². The minimum absolute atomic E-state index is 0.215. The summed E-state index contributed by atoms with van der Waals surface area (Å²) >= 11 is 0. The van der Waals surface area contributed by atoms with Crippen molar-refractivity contribution in [2.75, 3.05) is 0 Å². The van der Waals surface area contributed by atoms with Crippen molar-refractivity contribution in [3.05, 3.63) is 29.8 Å². The first-order valence-electron chi connectivity index (χ1n) is 5.00. The highest BCUT2D eigenvalue weighted by atomic mass is 19.1. The van der Waals surface area contributed by atoms with Crippen molar-refractivity contribution < 1.29 is 4.39 Å². The van der Waals surface area contributed by atoms with Crippen LogP contribution in [0.25, 0.3) is 0 Å². The van der Waals surface area contributed by atoms with Gasteiger partial charge in [0.2, 0.25) is 0 Å². The van der Waals surface area contributed by atoms with Gasteiger partial charge in [0, 0.05) is 17.8 Å². The standard InChI is InChI=1S/C11H17FN2/c1-3-8(2)6-11(13)9-4-5-14-7-10(9)12/h4-5,7-8,11H,3,6,13H2,1-2H3. The summed E-state index contributed by atoms with van der Waals surface area (Å²) in [6.07, 6.45) is 4.68. The predicted octanol–water partition coefficient (Wildman–Crippen LogP) is 2.66. The van der Waals surface area contributed by atoms with Crippen LogP contribution in [-0.2, 0) is 0 Å². The van der Waals surface area contributed by atoms with Gasteiger partial charge in [-0.3, -0.25) is 4.98 Å². The SMILES string of the molecule is CCC(C)CC(N)c1ccncc1F. The second-order valence-corrected chi connectivity index (χ2v) is 3.75. The number of pyridine rings is 1. The topological polar surface area (TPSA) is 38.9 Å². The number of nitrogens with two attached hydrogens (primary N) is 1. The number of nitrogens with zero attached hydrogens (tertiary/aromatic N) is 1. The van der Waals surface area contributed by atoms with Crippen molar-refractivity contribution in [1.29, 1.82) is 0 Å². The molecule has 1 aromatic heterocycles. The highest BCUT2D eigenvalue weighted by molar-refractivity contribution is 5.16. The summed E-state index contributed by atoms with van der Waals surface area (Å²) in [6.45, 7) is 4.24. The molecule has 2 N–H and O–H groups in total. The smallest absolute Gasteiger partial charge is 0.146 e. The molecule has 2 unspecified atom stereocenters. The number of hydrogen-bond acceptors (Lipinski definition) is 2. The van der Waals surface area contributed by atoms with Crippen LogP contribution in [0.5, 0.6) is 0 Å². The maximum absolute atomic E-state index is 13.3. The molecule has 0 aliphatic heterocycles. The van der Waals surface area contributed by atoms with Crippen molar-refractivity contribution >= 4 is 0 Å². The molecule has 0 radical (unpaired) electrons. The summed E-state index contributed by atoms with van der Waals surface area (Å²) in [5, 5.41) is 0. The third-order valence-corrected chi connectivity index (χ3v) is 2.56. The van der Waals surface area contributed by atoms with Crippen LogP contribution < -0.4 is 5.73 Å². The van der Waals surface area contributed by atoms with E-state index in [0.29, 0.717) is 11.5 Å². The zero-order valence-corrected chi connectivity index (χ0v) is 8.70. The van der Waals surface area contributed by atoms with Crippen LogP contribution in [0.1, 0.15) is 38.3 Å². The molecule has 0 amide bonds. The Bertz CT molecular complexity index is 288. The van der Waals surface area contributed by atoms with Gasteiger partial charge in [-0.05, 0) is 18.4 Å². The summed E-state index contributed by atoms with van der Waals surface area (Å²) in [6, 6.07) is 1.44. The lowest BCUT2D eigenvalue weighted by Gasteiger charge is -2.16. The van der Waals surface area contributed by atoms with Gasteiger partial charge in [-0.1, -0.05) is 20.3 Å². The average molecular weight is 196 g/mol. The van der Waals surface area contributed by atoms with Gasteiger partial charge < -0.3 is 5.73 Å². The maximum Gasteiger partial charge on any atom is 0.146 e. The second-order valence-electron chi connectivity index (χ2n) is 3.75. The van der Waals surface area contributed by atoms with Crippen LogP contribution in [0.4, 0.5) is 4.39 Å². The van der Waals surface area contributed by atoms with E-state index in [0.717, 1.165) is 12.8 Å². The van der Waals surface area contributed by atoms with Crippen LogP contribution in [0, 0.1) is 11.7 Å². The van der Waals surface area contributed by atoms with Crippen LogP contribution in [0.3, 0.4) is 0 Å². The lowest BCUT2D eigenvalue weighted by atomic mass is 9.95. The van der Waals surface area contributed by atoms with Gasteiger partial charge >= 0.3 is 0 Å². The first-order chi connectivity index (χ1) is 6.65. The summed E-state index contributed by atoms with van der Waals surface area (Å²) in [7, 11) is 0. The number of rotatable bonds is 4. The van der Waals surface area contributed by atoms with E-state index in [1.807, 2.05) is 0 Å². The molecule has 3 heteroatoms. The Hall–Kier alpha value is -0.960. The molecule has 1 rings (SSSR count). The summed E-state index contributed by atoms with van der Waals surface area (Å²) < 4.78 is 13.3. The lowest BCUT2D eigenvalue weighted by molar-refractivity contribution is 0.448. The molecule has 1 heterocycles. The van der Waals surface area contributed by atoms with E-state index >= 15 is 0 Å². The third kappa shape index (κ3) is 2.77. The lowest BCUT2D eigenvalue weighted by Crippen LogP contribution is -2.15. The molecule has 0 spiro atoms. The van der Waals surface area contributed by atoms with Crippen LogP contribution in [-0.4, -0.2) is 4.98 Å². The van der Waals surface area contributed by atoms with Gasteiger partial charge in [-0.2, -0.15) is 0 Å². The van der Waals surface area contributed by atoms with E-state index < -0.39 is 0 Å². The average Bonchev–Trinajstić information content (AvgIpc) is 2.18. The summed E-state index contributed by atoms with van der Waals surface area (Å²) in [5.41, 5.74) is 6.47. The van der Waals surface area contributed by atoms with Gasteiger partial charge in [-0.15, -0.1) is 0 Å². The minimum Gasteiger partial charge on any atom is -0.324 e. The molecule has 0 saturated heterocycles. The Morgan fingerprint density at radius 3 is 2.86 bits per heavy atom. The molecule has 0 aliphatic carbocycles. The maximum atomic E-state index is 13.3. The highest BCUT2D eigenvalue weighted by Crippen LogP contribution is 2.21. The van der Waals surface area contributed by atoms with Crippen LogP contribution >= 0.6 is 0 Å². The quantitative estimate of drug-likeness (QED) is 0.804. The molecule has 2 nitrogen and oxygen atoms in total. The first-order valence-corrected chi connectivity index (χ1v) is 5.00. The zero-order valence-electron chi connectivity index (χ0n) is 8.70. The Morgan fingerprint density at radius 2 is 2.29 bits per heavy atom. The minimum atomic E-state index is -0.302. The Labute approximate surface area is 84.3 Å². The van der Waals surface area contributed by atoms with E-state index in [4.69, 9.17) is 5.73 Å². The summed E-state index contributed by atoms with van der Waals surface area (Å²) in [5.74, 6) is 0.223. The van der Waals surface area contributed by atoms with Crippen molar-refractivity contribution in [1.82, 2.24) is 4.98 Å². The van der Waals surface area contributed by atoms with Crippen molar-refractivity contribution in [2.24, 2.45) is 11.7 Å². The van der Waals surface area contributed by atoms with Gasteiger partial charge in [0.25, 0.3) is 0 Å². The number of halogens is 1. The Balaban J connectivity index is 2.69. The molecule has 0 saturated carbocycles. The van der Waals surface area contributed by atoms with Crippen LogP contribution in [0.2, 0.25) is 0 Å². The monoisotopic (exact) mass is 196 g/mol. The van der Waals surface area contributed by atoms with Crippen molar-refractivity contribution in [2.45, 2.75) is 32.7 Å². The largest absolute Gasteiger partial charge is 0.324 e. The highest BCUT2D eigenvalue weighted by Gasteiger charge is 2.13. The van der Waals surface area contributed by atoms with Crippen molar-refractivity contribution in [3.63, 3.8) is 0 Å². The number of hydrogen-bond donors (Lipinski definition) is 1. The fourth-order valence-electron chi connectivity index (χ4n) is 1.41. The van der Waals surface area contributed by atoms with E-state index in [2.05, 4.69) is 18.8 Å². The fourth-order valence-corrected chi connectivity index (χ4v) is 1.41. The molecule has 0 aromatic carbocycles. The van der Waals surface area contributed by atoms with Crippen LogP contribution in [0.15, 0.2) is 18.5 Å². The first kappa shape index (κ1) is 11.1. The molecular formula is C11H17FN2. The van der Waals surface area contributed by atoms with Gasteiger partial charge in [0.15, 0.2) is 0 Å². The molecule has 0 fully saturated rings. The molecule has 1 aromatic rings. The van der Waals surface area contributed by atoms with E-state index in [9.17, 15) is 4.39 Å². The zero-order chi connectivity index (χ0) is 10.6. The normalized spacial score (nSPS) is 15.1. The predicted molar refractivity (Wildman–Crippen MR) is 55.2 cm³/mol. The van der Waals surface area contributed by atoms with Gasteiger partial charge in [-0.25, -0.2) is 4.39 Å². The Kier molecular flexibility index (Phi) is 4.01. The molecule has 14 heavy (non-hydrogen) atoms. The van der Waals surface area contributed by atoms with Crippen molar-refractivity contribution in [3.8, 4) is 0 Å². The molecule has 78 valence electrons. The second kappa shape index (κ2) is 5.05. The van der Waals surface area contributed by atoms with E-state index in [-0.39, 0.29) is 11.9 Å². The molecule has 0 aliphatic rings. The molecule has 2 atom stereocenters. The third-order valence-electron chi connectivity index (χ3n) is 2.56. The Morgan fingerprint density at radius 1 is 1.57 bits per heavy atom. The number of aromatic nitrogens is 1. The van der Waals surface area contributed by atoms with E-state index in [1.54, 1.807) is 12.3 Å².